The fraction of sp³-hybridized carbons (Fsp3) is 0.438. The number of hydrogen-bond acceptors (Lipinski definition) is 3. The van der Waals surface area contributed by atoms with Gasteiger partial charge in [-0.2, -0.15) is 0 Å². The Balaban J connectivity index is 2.05. The molecule has 0 saturated carbocycles. The zero-order valence-electron chi connectivity index (χ0n) is 11.9. The third-order valence-corrected chi connectivity index (χ3v) is 3.11. The van der Waals surface area contributed by atoms with Gasteiger partial charge in [-0.3, -0.25) is 0 Å². The molecule has 0 unspecified atom stereocenters. The van der Waals surface area contributed by atoms with Crippen molar-refractivity contribution in [2.24, 2.45) is 0 Å². The Labute approximate surface area is 115 Å². The molecule has 3 heteroatoms. The summed E-state index contributed by atoms with van der Waals surface area (Å²) in [6, 6.07) is 8.42. The van der Waals surface area contributed by atoms with E-state index in [9.17, 15) is 0 Å². The van der Waals surface area contributed by atoms with Crippen molar-refractivity contribution in [2.75, 3.05) is 6.54 Å². The molecule has 0 aliphatic heterocycles. The fourth-order valence-electron chi connectivity index (χ4n) is 1.92. The molecule has 19 heavy (non-hydrogen) atoms. The molecule has 0 bridgehead atoms. The van der Waals surface area contributed by atoms with E-state index >= 15 is 0 Å². The van der Waals surface area contributed by atoms with Gasteiger partial charge in [0.15, 0.2) is 0 Å². The summed E-state index contributed by atoms with van der Waals surface area (Å²) >= 11 is 0. The molecule has 0 spiro atoms. The van der Waals surface area contributed by atoms with E-state index in [0.717, 1.165) is 30.8 Å². The molecule has 0 atom stereocenters. The maximum absolute atomic E-state index is 5.53. The number of nitrogens with zero attached hydrogens (tertiary/aromatic N) is 1. The first kappa shape index (κ1) is 13.8. The molecule has 3 nitrogen and oxygen atoms in total. The Morgan fingerprint density at radius 2 is 1.95 bits per heavy atom. The van der Waals surface area contributed by atoms with Crippen molar-refractivity contribution in [1.29, 1.82) is 0 Å². The molecule has 0 aliphatic carbocycles. The van der Waals surface area contributed by atoms with Gasteiger partial charge in [0, 0.05) is 12.1 Å². The molecular weight excluding hydrogens is 236 g/mol. The Morgan fingerprint density at radius 3 is 2.58 bits per heavy atom. The first-order chi connectivity index (χ1) is 9.20. The van der Waals surface area contributed by atoms with Gasteiger partial charge in [0.25, 0.3) is 0 Å². The maximum atomic E-state index is 5.53. The van der Waals surface area contributed by atoms with E-state index in [4.69, 9.17) is 4.42 Å². The monoisotopic (exact) mass is 258 g/mol. The average Bonchev–Trinajstić information content (AvgIpc) is 2.88. The molecule has 2 rings (SSSR count). The quantitative estimate of drug-likeness (QED) is 0.797. The SMILES string of the molecule is CCCNCc1coc(-c2ccc(C(C)C)cc2)n1. The van der Waals surface area contributed by atoms with Crippen LogP contribution >= 0.6 is 0 Å². The first-order valence-corrected chi connectivity index (χ1v) is 6.96. The van der Waals surface area contributed by atoms with Crippen molar-refractivity contribution in [3.8, 4) is 11.5 Å². The molecule has 0 aliphatic rings. The lowest BCUT2D eigenvalue weighted by Gasteiger charge is -2.04. The summed E-state index contributed by atoms with van der Waals surface area (Å²) in [5.74, 6) is 1.25. The largest absolute Gasteiger partial charge is 0.444 e. The van der Waals surface area contributed by atoms with Crippen LogP contribution in [0.5, 0.6) is 0 Å². The second kappa shape index (κ2) is 6.53. The van der Waals surface area contributed by atoms with Crippen molar-refractivity contribution in [2.45, 2.75) is 39.7 Å². The van der Waals surface area contributed by atoms with Crippen molar-refractivity contribution in [3.05, 3.63) is 41.8 Å². The third kappa shape index (κ3) is 3.67. The van der Waals surface area contributed by atoms with Gasteiger partial charge in [0.1, 0.15) is 6.26 Å². The molecule has 0 radical (unpaired) electrons. The molecule has 2 aromatic rings. The van der Waals surface area contributed by atoms with Crippen molar-refractivity contribution in [3.63, 3.8) is 0 Å². The first-order valence-electron chi connectivity index (χ1n) is 6.96. The lowest BCUT2D eigenvalue weighted by molar-refractivity contribution is 0.570. The number of oxazole rings is 1. The highest BCUT2D eigenvalue weighted by molar-refractivity contribution is 5.53. The Bertz CT molecular complexity index is 500. The molecule has 1 aromatic carbocycles. The van der Waals surface area contributed by atoms with Crippen molar-refractivity contribution in [1.82, 2.24) is 10.3 Å². The van der Waals surface area contributed by atoms with E-state index < -0.39 is 0 Å². The number of hydrogen-bond donors (Lipinski definition) is 1. The predicted molar refractivity (Wildman–Crippen MR) is 78.0 cm³/mol. The smallest absolute Gasteiger partial charge is 0.226 e. The summed E-state index contributed by atoms with van der Waals surface area (Å²) in [6.07, 6.45) is 2.86. The normalized spacial score (nSPS) is 11.2. The molecule has 1 N–H and O–H groups in total. The average molecular weight is 258 g/mol. The molecule has 102 valence electrons. The highest BCUT2D eigenvalue weighted by Crippen LogP contribution is 2.22. The van der Waals surface area contributed by atoms with E-state index in [-0.39, 0.29) is 0 Å². The maximum Gasteiger partial charge on any atom is 0.226 e. The summed E-state index contributed by atoms with van der Waals surface area (Å²) < 4.78 is 5.53. The lowest BCUT2D eigenvalue weighted by atomic mass is 10.0. The van der Waals surface area contributed by atoms with Gasteiger partial charge in [0.2, 0.25) is 5.89 Å². The highest BCUT2D eigenvalue weighted by atomic mass is 16.3. The number of aromatic nitrogens is 1. The fourth-order valence-corrected chi connectivity index (χ4v) is 1.92. The van der Waals surface area contributed by atoms with Gasteiger partial charge in [-0.25, -0.2) is 4.98 Å². The molecular formula is C16H22N2O. The predicted octanol–water partition coefficient (Wildman–Crippen LogP) is 3.96. The van der Waals surface area contributed by atoms with E-state index in [0.29, 0.717) is 11.8 Å². The van der Waals surface area contributed by atoms with Gasteiger partial charge >= 0.3 is 0 Å². The van der Waals surface area contributed by atoms with Crippen LogP contribution in [0.25, 0.3) is 11.5 Å². The molecule has 0 saturated heterocycles. The van der Waals surface area contributed by atoms with Crippen LogP contribution < -0.4 is 5.32 Å². The zero-order valence-corrected chi connectivity index (χ0v) is 11.9. The second-order valence-electron chi connectivity index (χ2n) is 5.10. The Morgan fingerprint density at radius 1 is 1.21 bits per heavy atom. The summed E-state index contributed by atoms with van der Waals surface area (Å²) in [5, 5.41) is 3.32. The summed E-state index contributed by atoms with van der Waals surface area (Å²) in [5.41, 5.74) is 3.32. The van der Waals surface area contributed by atoms with Crippen LogP contribution in [0.1, 0.15) is 44.4 Å². The van der Waals surface area contributed by atoms with Crippen LogP contribution in [-0.4, -0.2) is 11.5 Å². The summed E-state index contributed by atoms with van der Waals surface area (Å²) in [4.78, 5) is 4.50. The van der Waals surface area contributed by atoms with Gasteiger partial charge in [-0.15, -0.1) is 0 Å². The van der Waals surface area contributed by atoms with Gasteiger partial charge < -0.3 is 9.73 Å². The van der Waals surface area contributed by atoms with Crippen LogP contribution in [0.3, 0.4) is 0 Å². The van der Waals surface area contributed by atoms with E-state index in [1.165, 1.54) is 5.56 Å². The van der Waals surface area contributed by atoms with Gasteiger partial charge in [-0.1, -0.05) is 32.9 Å². The molecule has 0 amide bonds. The molecule has 1 aromatic heterocycles. The minimum absolute atomic E-state index is 0.549. The summed E-state index contributed by atoms with van der Waals surface area (Å²) in [6.45, 7) is 8.31. The van der Waals surface area contributed by atoms with Gasteiger partial charge in [0.05, 0.1) is 5.69 Å². The van der Waals surface area contributed by atoms with E-state index in [1.807, 2.05) is 0 Å². The lowest BCUT2D eigenvalue weighted by Crippen LogP contribution is -2.13. The third-order valence-electron chi connectivity index (χ3n) is 3.11. The molecule has 0 fully saturated rings. The van der Waals surface area contributed by atoms with Crippen molar-refractivity contribution >= 4 is 0 Å². The van der Waals surface area contributed by atoms with Crippen LogP contribution in [0.4, 0.5) is 0 Å². The zero-order chi connectivity index (χ0) is 13.7. The van der Waals surface area contributed by atoms with Crippen LogP contribution in [-0.2, 0) is 6.54 Å². The Hall–Kier alpha value is -1.61. The Kier molecular flexibility index (Phi) is 4.74. The number of rotatable bonds is 6. The minimum atomic E-state index is 0.549. The van der Waals surface area contributed by atoms with Crippen molar-refractivity contribution < 1.29 is 4.42 Å². The number of nitrogens with one attached hydrogen (secondary N) is 1. The van der Waals surface area contributed by atoms with Crippen LogP contribution in [0, 0.1) is 0 Å². The van der Waals surface area contributed by atoms with Crippen LogP contribution in [0.15, 0.2) is 34.9 Å². The minimum Gasteiger partial charge on any atom is -0.444 e. The van der Waals surface area contributed by atoms with Crippen LogP contribution in [0.2, 0.25) is 0 Å². The standard InChI is InChI=1S/C16H22N2O/c1-4-9-17-10-15-11-19-16(18-15)14-7-5-13(6-8-14)12(2)3/h5-8,11-12,17H,4,9-10H2,1-3H3. The van der Waals surface area contributed by atoms with E-state index in [2.05, 4.69) is 55.3 Å². The second-order valence-corrected chi connectivity index (χ2v) is 5.10. The molecule has 1 heterocycles. The van der Waals surface area contributed by atoms with Gasteiger partial charge in [-0.05, 0) is 36.6 Å². The summed E-state index contributed by atoms with van der Waals surface area (Å²) in [7, 11) is 0. The number of benzene rings is 1. The highest BCUT2D eigenvalue weighted by Gasteiger charge is 2.07. The van der Waals surface area contributed by atoms with E-state index in [1.54, 1.807) is 6.26 Å². The topological polar surface area (TPSA) is 38.1 Å².